The Kier molecular flexibility index (Phi) is 2.31. The van der Waals surface area contributed by atoms with Crippen LogP contribution in [0.1, 0.15) is 0 Å². The highest BCUT2D eigenvalue weighted by atomic mass is 32.2. The number of hydrogen-bond donors (Lipinski definition) is 1. The van der Waals surface area contributed by atoms with Crippen LogP contribution < -0.4 is 5.46 Å². The van der Waals surface area contributed by atoms with Crippen molar-refractivity contribution in [1.29, 1.82) is 0 Å². The summed E-state index contributed by atoms with van der Waals surface area (Å²) in [6.07, 6.45) is 0. The van der Waals surface area contributed by atoms with Gasteiger partial charge in [0.05, 0.1) is 0 Å². The minimum atomic E-state index is -4.00. The van der Waals surface area contributed by atoms with Gasteiger partial charge in [-0.3, -0.25) is 4.55 Å². The molecule has 0 saturated carbocycles. The second-order valence-electron chi connectivity index (χ2n) is 2.04. The molecule has 0 aliphatic rings. The van der Waals surface area contributed by atoms with Gasteiger partial charge in [0.25, 0.3) is 0 Å². The number of benzene rings is 1. The Morgan fingerprint density at radius 3 is 2.18 bits per heavy atom. The van der Waals surface area contributed by atoms with E-state index in [1.807, 2.05) is 0 Å². The summed E-state index contributed by atoms with van der Waals surface area (Å²) in [4.78, 5) is 0. The molecule has 0 spiro atoms. The largest absolute Gasteiger partial charge is 0.354 e. The molecule has 1 aromatic carbocycles. The van der Waals surface area contributed by atoms with Gasteiger partial charge in [0.15, 0.2) is 0 Å². The lowest BCUT2D eigenvalue weighted by Gasteiger charge is -1.93. The molecule has 0 aliphatic heterocycles. The van der Waals surface area contributed by atoms with Crippen LogP contribution in [-0.2, 0) is 9.97 Å². The zero-order chi connectivity index (χ0) is 8.32. The van der Waals surface area contributed by atoms with Crippen LogP contribution in [0, 0.1) is 0 Å². The normalized spacial score (nSPS) is 11.0. The van der Waals surface area contributed by atoms with Crippen LogP contribution in [0.15, 0.2) is 30.3 Å². The summed E-state index contributed by atoms with van der Waals surface area (Å²) in [6, 6.07) is 8.33. The number of hydrogen-bond acceptors (Lipinski definition) is 2. The topological polar surface area (TPSA) is 54.4 Å². The standard InChI is InChI=1S/C6H6BO3S/c8-11(9,10)7-6-4-2-1-3-5-6/h1-5H,(H,8,9,10). The van der Waals surface area contributed by atoms with Gasteiger partial charge in [0, 0.05) is 0 Å². The van der Waals surface area contributed by atoms with Gasteiger partial charge < -0.3 is 0 Å². The molecule has 0 heterocycles. The van der Waals surface area contributed by atoms with Crippen LogP contribution >= 0.6 is 0 Å². The molecule has 3 nitrogen and oxygen atoms in total. The van der Waals surface area contributed by atoms with Gasteiger partial charge in [-0.1, -0.05) is 35.8 Å². The van der Waals surface area contributed by atoms with E-state index in [1.165, 1.54) is 0 Å². The average Bonchev–Trinajstić information content (AvgIpc) is 1.85. The van der Waals surface area contributed by atoms with Crippen LogP contribution in [0.3, 0.4) is 0 Å². The van der Waals surface area contributed by atoms with E-state index in [0.717, 1.165) is 6.56 Å². The highest BCUT2D eigenvalue weighted by molar-refractivity contribution is 8.12. The maximum absolute atomic E-state index is 10.3. The van der Waals surface area contributed by atoms with Gasteiger partial charge in [0.2, 0.25) is 9.97 Å². The zero-order valence-electron chi connectivity index (χ0n) is 5.64. The molecule has 0 atom stereocenters. The molecule has 1 aromatic rings. The summed E-state index contributed by atoms with van der Waals surface area (Å²) < 4.78 is 29.0. The van der Waals surface area contributed by atoms with E-state index in [-0.39, 0.29) is 0 Å². The second-order valence-corrected chi connectivity index (χ2v) is 3.31. The minimum Gasteiger partial charge on any atom is -0.295 e. The van der Waals surface area contributed by atoms with Gasteiger partial charge in [-0.25, -0.2) is 8.42 Å². The second kappa shape index (κ2) is 3.06. The third-order valence-corrected chi connectivity index (χ3v) is 1.65. The summed E-state index contributed by atoms with van der Waals surface area (Å²) >= 11 is 0. The average molecular weight is 169 g/mol. The van der Waals surface area contributed by atoms with Crippen LogP contribution in [0.5, 0.6) is 0 Å². The minimum absolute atomic E-state index is 0.468. The molecule has 0 aromatic heterocycles. The third kappa shape index (κ3) is 3.20. The molecule has 11 heavy (non-hydrogen) atoms. The van der Waals surface area contributed by atoms with E-state index in [2.05, 4.69) is 0 Å². The van der Waals surface area contributed by atoms with Crippen molar-refractivity contribution in [1.82, 2.24) is 0 Å². The van der Waals surface area contributed by atoms with Gasteiger partial charge >= 0.3 is 6.56 Å². The van der Waals surface area contributed by atoms with E-state index in [9.17, 15) is 8.42 Å². The Hall–Kier alpha value is -0.805. The van der Waals surface area contributed by atoms with Crippen molar-refractivity contribution in [3.05, 3.63) is 30.3 Å². The van der Waals surface area contributed by atoms with Crippen LogP contribution in [0.25, 0.3) is 0 Å². The first-order valence-electron chi connectivity index (χ1n) is 2.95. The van der Waals surface area contributed by atoms with Crippen LogP contribution in [0.2, 0.25) is 0 Å². The van der Waals surface area contributed by atoms with Gasteiger partial charge in [-0.05, 0) is 0 Å². The molecule has 0 bridgehead atoms. The Morgan fingerprint density at radius 2 is 1.73 bits per heavy atom. The summed E-state index contributed by atoms with van der Waals surface area (Å²) in [6.45, 7) is 0.799. The van der Waals surface area contributed by atoms with Crippen molar-refractivity contribution < 1.29 is 13.0 Å². The lowest BCUT2D eigenvalue weighted by atomic mass is 9.95. The third-order valence-electron chi connectivity index (χ3n) is 1.08. The quantitative estimate of drug-likeness (QED) is 0.493. The van der Waals surface area contributed by atoms with Gasteiger partial charge in [0.1, 0.15) is 0 Å². The van der Waals surface area contributed by atoms with Crippen molar-refractivity contribution in [3.8, 4) is 0 Å². The van der Waals surface area contributed by atoms with Crippen LogP contribution in [0.4, 0.5) is 0 Å². The fourth-order valence-corrected chi connectivity index (χ4v) is 1.20. The van der Waals surface area contributed by atoms with Crippen molar-refractivity contribution in [2.45, 2.75) is 0 Å². The molecular weight excluding hydrogens is 163 g/mol. The van der Waals surface area contributed by atoms with E-state index >= 15 is 0 Å². The predicted octanol–water partition coefficient (Wildman–Crippen LogP) is -0.181. The maximum Gasteiger partial charge on any atom is 0.354 e. The Balaban J connectivity index is 2.82. The lowest BCUT2D eigenvalue weighted by molar-refractivity contribution is 0.501. The first-order valence-corrected chi connectivity index (χ1v) is 4.45. The lowest BCUT2D eigenvalue weighted by Crippen LogP contribution is -2.22. The van der Waals surface area contributed by atoms with Gasteiger partial charge in [-0.15, -0.1) is 0 Å². The molecular formula is C6H6BO3S. The monoisotopic (exact) mass is 169 g/mol. The fraction of sp³-hybridized carbons (Fsp3) is 0. The summed E-state index contributed by atoms with van der Waals surface area (Å²) in [5, 5.41) is 0. The van der Waals surface area contributed by atoms with E-state index in [1.54, 1.807) is 30.3 Å². The summed E-state index contributed by atoms with van der Waals surface area (Å²) in [5.41, 5.74) is 0.468. The van der Waals surface area contributed by atoms with Crippen LogP contribution in [-0.4, -0.2) is 19.5 Å². The molecule has 0 fully saturated rings. The highest BCUT2D eigenvalue weighted by Crippen LogP contribution is 1.84. The molecule has 0 amide bonds. The molecule has 5 heteroatoms. The molecule has 0 saturated heterocycles. The molecule has 1 N–H and O–H groups in total. The first-order chi connectivity index (χ1) is 5.08. The molecule has 0 unspecified atom stereocenters. The predicted molar refractivity (Wildman–Crippen MR) is 43.4 cm³/mol. The van der Waals surface area contributed by atoms with E-state index in [4.69, 9.17) is 4.55 Å². The van der Waals surface area contributed by atoms with Crippen molar-refractivity contribution in [2.75, 3.05) is 0 Å². The molecule has 1 radical (unpaired) electrons. The van der Waals surface area contributed by atoms with Crippen molar-refractivity contribution in [2.24, 2.45) is 0 Å². The SMILES string of the molecule is O=S(=O)(O)[B]c1ccccc1. The number of rotatable bonds is 2. The summed E-state index contributed by atoms with van der Waals surface area (Å²) in [5.74, 6) is 0. The maximum atomic E-state index is 10.3. The molecule has 57 valence electrons. The van der Waals surface area contributed by atoms with E-state index in [0.29, 0.717) is 5.46 Å². The first kappa shape index (κ1) is 8.29. The highest BCUT2D eigenvalue weighted by Gasteiger charge is 2.08. The van der Waals surface area contributed by atoms with Gasteiger partial charge in [-0.2, -0.15) is 0 Å². The Morgan fingerprint density at radius 1 is 1.18 bits per heavy atom. The van der Waals surface area contributed by atoms with Crippen molar-refractivity contribution >= 4 is 22.0 Å². The van der Waals surface area contributed by atoms with Crippen molar-refractivity contribution in [3.63, 3.8) is 0 Å². The fourth-order valence-electron chi connectivity index (χ4n) is 0.704. The Labute approximate surface area is 65.9 Å². The zero-order valence-corrected chi connectivity index (χ0v) is 6.45. The summed E-state index contributed by atoms with van der Waals surface area (Å²) in [7, 11) is -4.00. The smallest absolute Gasteiger partial charge is 0.295 e. The Bertz CT molecular complexity index is 319. The molecule has 1 rings (SSSR count). The van der Waals surface area contributed by atoms with E-state index < -0.39 is 9.97 Å². The molecule has 0 aliphatic carbocycles.